The van der Waals surface area contributed by atoms with Crippen LogP contribution in [0.5, 0.6) is 0 Å². The molecule has 1 unspecified atom stereocenters. The zero-order valence-electron chi connectivity index (χ0n) is 12.2. The van der Waals surface area contributed by atoms with Gasteiger partial charge in [-0.25, -0.2) is 4.39 Å². The predicted octanol–water partition coefficient (Wildman–Crippen LogP) is 4.62. The van der Waals surface area contributed by atoms with Crippen LogP contribution in [-0.4, -0.2) is 12.6 Å². The van der Waals surface area contributed by atoms with Crippen molar-refractivity contribution in [1.82, 2.24) is 5.32 Å². The van der Waals surface area contributed by atoms with Gasteiger partial charge in [0, 0.05) is 17.5 Å². The Balaban J connectivity index is 1.97. The van der Waals surface area contributed by atoms with E-state index >= 15 is 0 Å². The Bertz CT molecular complexity index is 542. The lowest BCUT2D eigenvalue weighted by molar-refractivity contribution is 0.441. The second-order valence-electron chi connectivity index (χ2n) is 5.21. The third kappa shape index (κ3) is 5.18. The fourth-order valence-electron chi connectivity index (χ4n) is 2.35. The summed E-state index contributed by atoms with van der Waals surface area (Å²) in [5, 5.41) is 4.02. The summed E-state index contributed by atoms with van der Waals surface area (Å²) in [6.07, 6.45) is 5.41. The van der Waals surface area contributed by atoms with E-state index in [2.05, 4.69) is 12.2 Å². The van der Waals surface area contributed by atoms with Crippen LogP contribution >= 0.6 is 11.6 Å². The van der Waals surface area contributed by atoms with Crippen LogP contribution in [0.4, 0.5) is 4.39 Å². The number of hydrogen-bond donors (Lipinski definition) is 1. The van der Waals surface area contributed by atoms with Gasteiger partial charge in [-0.1, -0.05) is 24.6 Å². The molecule has 4 heteroatoms. The molecule has 2 aromatic rings. The van der Waals surface area contributed by atoms with Crippen molar-refractivity contribution >= 4 is 11.6 Å². The van der Waals surface area contributed by atoms with Crippen molar-refractivity contribution in [2.24, 2.45) is 0 Å². The summed E-state index contributed by atoms with van der Waals surface area (Å²) < 4.78 is 18.5. The Hall–Kier alpha value is -1.32. The van der Waals surface area contributed by atoms with Crippen molar-refractivity contribution in [3.05, 3.63) is 58.8 Å². The fourth-order valence-corrected chi connectivity index (χ4v) is 2.59. The molecule has 0 bridgehead atoms. The summed E-state index contributed by atoms with van der Waals surface area (Å²) >= 11 is 6.12. The number of furan rings is 1. The molecule has 0 aliphatic carbocycles. The molecule has 1 atom stereocenters. The lowest BCUT2D eigenvalue weighted by Gasteiger charge is -2.19. The predicted molar refractivity (Wildman–Crippen MR) is 84.2 cm³/mol. The molecule has 0 aliphatic rings. The Morgan fingerprint density at radius 2 is 2.19 bits per heavy atom. The minimum Gasteiger partial charge on any atom is -0.469 e. The molecular weight excluding hydrogens is 289 g/mol. The highest BCUT2D eigenvalue weighted by Crippen LogP contribution is 2.20. The number of aryl methyl sites for hydroxylation is 1. The molecule has 21 heavy (non-hydrogen) atoms. The van der Waals surface area contributed by atoms with E-state index in [-0.39, 0.29) is 5.82 Å². The zero-order chi connectivity index (χ0) is 15.1. The maximum Gasteiger partial charge on any atom is 0.124 e. The maximum atomic E-state index is 13.1. The number of rotatable bonds is 8. The van der Waals surface area contributed by atoms with Gasteiger partial charge in [-0.2, -0.15) is 0 Å². The summed E-state index contributed by atoms with van der Waals surface area (Å²) in [5.74, 6) is 0.695. The molecule has 1 aromatic heterocycles. The van der Waals surface area contributed by atoms with E-state index in [1.54, 1.807) is 12.3 Å². The lowest BCUT2D eigenvalue weighted by Crippen LogP contribution is -2.32. The molecule has 2 rings (SSSR count). The number of halogens is 2. The topological polar surface area (TPSA) is 25.2 Å². The lowest BCUT2D eigenvalue weighted by atomic mass is 10.0. The van der Waals surface area contributed by atoms with E-state index in [1.807, 2.05) is 12.1 Å². The van der Waals surface area contributed by atoms with Gasteiger partial charge in [0.05, 0.1) is 6.26 Å². The van der Waals surface area contributed by atoms with Crippen molar-refractivity contribution in [1.29, 1.82) is 0 Å². The first kappa shape index (κ1) is 16.1. The molecule has 1 N–H and O–H groups in total. The Morgan fingerprint density at radius 3 is 2.86 bits per heavy atom. The third-order valence-electron chi connectivity index (χ3n) is 3.48. The SMILES string of the molecule is CCCNC(CCc1ccco1)Cc1ccc(F)cc1Cl. The highest BCUT2D eigenvalue weighted by molar-refractivity contribution is 6.31. The molecule has 0 saturated heterocycles. The van der Waals surface area contributed by atoms with Crippen LogP contribution < -0.4 is 5.32 Å². The van der Waals surface area contributed by atoms with E-state index < -0.39 is 0 Å². The van der Waals surface area contributed by atoms with Gasteiger partial charge in [-0.15, -0.1) is 0 Å². The molecule has 0 radical (unpaired) electrons. The average molecular weight is 310 g/mol. The second-order valence-corrected chi connectivity index (χ2v) is 5.62. The second kappa shape index (κ2) is 8.20. The van der Waals surface area contributed by atoms with Gasteiger partial charge < -0.3 is 9.73 Å². The highest BCUT2D eigenvalue weighted by atomic mass is 35.5. The van der Waals surface area contributed by atoms with Gasteiger partial charge in [0.2, 0.25) is 0 Å². The summed E-state index contributed by atoms with van der Waals surface area (Å²) in [6.45, 7) is 3.10. The minimum absolute atomic E-state index is 0.294. The standard InChI is InChI=1S/C17H21ClFNO/c1-2-9-20-15(7-8-16-4-3-10-21-16)11-13-5-6-14(19)12-17(13)18/h3-6,10,12,15,20H,2,7-9,11H2,1H3. The summed E-state index contributed by atoms with van der Waals surface area (Å²) in [6, 6.07) is 8.80. The molecule has 0 aliphatic heterocycles. The molecule has 0 fully saturated rings. The molecular formula is C17H21ClFNO. The first-order valence-corrected chi connectivity index (χ1v) is 7.76. The van der Waals surface area contributed by atoms with Crippen LogP contribution in [0.25, 0.3) is 0 Å². The first-order valence-electron chi connectivity index (χ1n) is 7.38. The van der Waals surface area contributed by atoms with Crippen molar-refractivity contribution in [2.75, 3.05) is 6.54 Å². The quantitative estimate of drug-likeness (QED) is 0.770. The Morgan fingerprint density at radius 1 is 1.33 bits per heavy atom. The zero-order valence-corrected chi connectivity index (χ0v) is 13.0. The van der Waals surface area contributed by atoms with Gasteiger partial charge in [0.25, 0.3) is 0 Å². The maximum absolute atomic E-state index is 13.1. The monoisotopic (exact) mass is 309 g/mol. The minimum atomic E-state index is -0.294. The molecule has 2 nitrogen and oxygen atoms in total. The number of nitrogens with one attached hydrogen (secondary N) is 1. The fraction of sp³-hybridized carbons (Fsp3) is 0.412. The first-order chi connectivity index (χ1) is 10.2. The van der Waals surface area contributed by atoms with Gasteiger partial charge in [-0.3, -0.25) is 0 Å². The van der Waals surface area contributed by atoms with Crippen molar-refractivity contribution in [2.45, 2.75) is 38.6 Å². The van der Waals surface area contributed by atoms with E-state index in [9.17, 15) is 4.39 Å². The van der Waals surface area contributed by atoms with Crippen LogP contribution in [0.2, 0.25) is 5.02 Å². The van der Waals surface area contributed by atoms with Crippen LogP contribution in [0, 0.1) is 5.82 Å². The van der Waals surface area contributed by atoms with E-state index in [4.69, 9.17) is 16.0 Å². The average Bonchev–Trinajstić information content (AvgIpc) is 2.97. The largest absolute Gasteiger partial charge is 0.469 e. The van der Waals surface area contributed by atoms with E-state index in [0.29, 0.717) is 11.1 Å². The molecule has 0 amide bonds. The van der Waals surface area contributed by atoms with Gasteiger partial charge >= 0.3 is 0 Å². The van der Waals surface area contributed by atoms with Crippen LogP contribution in [-0.2, 0) is 12.8 Å². The summed E-state index contributed by atoms with van der Waals surface area (Å²) in [5.41, 5.74) is 0.978. The summed E-state index contributed by atoms with van der Waals surface area (Å²) in [4.78, 5) is 0. The summed E-state index contributed by atoms with van der Waals surface area (Å²) in [7, 11) is 0. The molecule has 1 aromatic carbocycles. The van der Waals surface area contributed by atoms with Crippen molar-refractivity contribution in [3.8, 4) is 0 Å². The van der Waals surface area contributed by atoms with Crippen LogP contribution in [0.15, 0.2) is 41.0 Å². The molecule has 0 saturated carbocycles. The van der Waals surface area contributed by atoms with E-state index in [1.165, 1.54) is 12.1 Å². The van der Waals surface area contributed by atoms with Crippen molar-refractivity contribution < 1.29 is 8.81 Å². The normalized spacial score (nSPS) is 12.5. The van der Waals surface area contributed by atoms with Crippen molar-refractivity contribution in [3.63, 3.8) is 0 Å². The van der Waals surface area contributed by atoms with E-state index in [0.717, 1.165) is 43.6 Å². The smallest absolute Gasteiger partial charge is 0.124 e. The third-order valence-corrected chi connectivity index (χ3v) is 3.84. The van der Waals surface area contributed by atoms with Gasteiger partial charge in [-0.05, 0) is 55.6 Å². The Kier molecular flexibility index (Phi) is 6.27. The highest BCUT2D eigenvalue weighted by Gasteiger charge is 2.12. The Labute approximate surface area is 130 Å². The van der Waals surface area contributed by atoms with Gasteiger partial charge in [0.1, 0.15) is 11.6 Å². The van der Waals surface area contributed by atoms with Crippen LogP contribution in [0.3, 0.4) is 0 Å². The number of benzene rings is 1. The number of hydrogen-bond acceptors (Lipinski definition) is 2. The van der Waals surface area contributed by atoms with Crippen LogP contribution in [0.1, 0.15) is 31.1 Å². The van der Waals surface area contributed by atoms with Gasteiger partial charge in [0.15, 0.2) is 0 Å². The molecule has 114 valence electrons. The molecule has 0 spiro atoms. The molecule has 1 heterocycles.